The van der Waals surface area contributed by atoms with Crippen LogP contribution >= 0.6 is 0 Å². The molecule has 0 aromatic carbocycles. The highest BCUT2D eigenvalue weighted by Gasteiger charge is 2.32. The molecule has 0 spiro atoms. The Bertz CT molecular complexity index is 496. The predicted octanol–water partition coefficient (Wildman–Crippen LogP) is 0.407. The van der Waals surface area contributed by atoms with Gasteiger partial charge in [0.15, 0.2) is 0 Å². The van der Waals surface area contributed by atoms with Gasteiger partial charge in [0.05, 0.1) is 6.07 Å². The van der Waals surface area contributed by atoms with E-state index in [1.165, 1.54) is 18.2 Å². The quantitative estimate of drug-likeness (QED) is 0.768. The lowest BCUT2D eigenvalue weighted by molar-refractivity contribution is 0.0936. The van der Waals surface area contributed by atoms with Gasteiger partial charge in [-0.15, -0.1) is 0 Å². The minimum absolute atomic E-state index is 0.188. The van der Waals surface area contributed by atoms with Crippen molar-refractivity contribution >= 4 is 5.91 Å². The average molecular weight is 217 g/mol. The predicted molar refractivity (Wildman–Crippen MR) is 56.7 cm³/mol. The molecule has 2 rings (SSSR count). The van der Waals surface area contributed by atoms with Crippen LogP contribution in [-0.4, -0.2) is 16.9 Å². The van der Waals surface area contributed by atoms with E-state index in [-0.39, 0.29) is 17.2 Å². The average Bonchev–Trinajstić information content (AvgIpc) is 3.09. The number of H-pyrrole nitrogens is 1. The number of carbonyl (C=O) groups excluding carboxylic acids is 1. The number of rotatable bonds is 3. The molecule has 0 bridgehead atoms. The number of amides is 1. The van der Waals surface area contributed by atoms with Crippen molar-refractivity contribution in [2.45, 2.75) is 18.9 Å². The lowest BCUT2D eigenvalue weighted by atomic mass is 10.2. The first-order valence-electron chi connectivity index (χ1n) is 5.10. The number of nitrogens with one attached hydrogen (secondary N) is 2. The van der Waals surface area contributed by atoms with Gasteiger partial charge in [-0.2, -0.15) is 5.26 Å². The van der Waals surface area contributed by atoms with Crippen LogP contribution in [0.5, 0.6) is 0 Å². The molecular weight excluding hydrogens is 206 g/mol. The summed E-state index contributed by atoms with van der Waals surface area (Å²) in [5.41, 5.74) is -0.138. The third kappa shape index (κ3) is 2.28. The summed E-state index contributed by atoms with van der Waals surface area (Å²) in [6, 6.07) is 5.96. The Morgan fingerprint density at radius 2 is 2.31 bits per heavy atom. The minimum Gasteiger partial charge on any atom is -0.335 e. The van der Waals surface area contributed by atoms with Gasteiger partial charge in [-0.1, -0.05) is 6.07 Å². The fourth-order valence-electron chi connectivity index (χ4n) is 1.48. The van der Waals surface area contributed by atoms with E-state index in [0.29, 0.717) is 0 Å². The summed E-state index contributed by atoms with van der Waals surface area (Å²) in [6.45, 7) is 0. The monoisotopic (exact) mass is 217 g/mol. The summed E-state index contributed by atoms with van der Waals surface area (Å²) in [4.78, 5) is 25.1. The van der Waals surface area contributed by atoms with Crippen LogP contribution in [0.3, 0.4) is 0 Å². The maximum atomic E-state index is 11.7. The smallest absolute Gasteiger partial charge is 0.268 e. The molecule has 2 N–H and O–H groups in total. The Labute approximate surface area is 92.1 Å². The third-order valence-electron chi connectivity index (χ3n) is 2.53. The Hall–Kier alpha value is -2.09. The summed E-state index contributed by atoms with van der Waals surface area (Å²) >= 11 is 0. The van der Waals surface area contributed by atoms with Crippen LogP contribution in [0.4, 0.5) is 0 Å². The molecule has 1 aliphatic rings. The van der Waals surface area contributed by atoms with Crippen molar-refractivity contribution < 1.29 is 4.79 Å². The van der Waals surface area contributed by atoms with Crippen LogP contribution in [0.25, 0.3) is 0 Å². The highest BCUT2D eigenvalue weighted by atomic mass is 16.2. The number of pyridine rings is 1. The fraction of sp³-hybridized carbons (Fsp3) is 0.364. The highest BCUT2D eigenvalue weighted by molar-refractivity contribution is 5.92. The van der Waals surface area contributed by atoms with E-state index < -0.39 is 11.9 Å². The Balaban J connectivity index is 2.08. The zero-order valence-electron chi connectivity index (χ0n) is 8.56. The van der Waals surface area contributed by atoms with Crippen LogP contribution in [0, 0.1) is 17.2 Å². The van der Waals surface area contributed by atoms with E-state index in [4.69, 9.17) is 5.26 Å². The molecular formula is C11H11N3O2. The van der Waals surface area contributed by atoms with Gasteiger partial charge in [0, 0.05) is 6.07 Å². The first kappa shape index (κ1) is 10.4. The molecule has 5 heteroatoms. The van der Waals surface area contributed by atoms with E-state index >= 15 is 0 Å². The molecule has 1 aromatic rings. The Kier molecular flexibility index (Phi) is 2.73. The van der Waals surface area contributed by atoms with Crippen molar-refractivity contribution in [3.63, 3.8) is 0 Å². The van der Waals surface area contributed by atoms with Gasteiger partial charge in [0.25, 0.3) is 5.91 Å². The SMILES string of the molecule is N#CC(NC(=O)c1cccc(=O)[nH]1)C1CC1. The van der Waals surface area contributed by atoms with Crippen LogP contribution in [-0.2, 0) is 0 Å². The molecule has 1 fully saturated rings. The standard InChI is InChI=1S/C11H11N3O2/c12-6-9(7-4-5-7)14-11(16)8-2-1-3-10(15)13-8/h1-3,7,9H,4-5H2,(H,13,15)(H,14,16). The van der Waals surface area contributed by atoms with Crippen LogP contribution in [0.15, 0.2) is 23.0 Å². The molecule has 16 heavy (non-hydrogen) atoms. The van der Waals surface area contributed by atoms with Crippen molar-refractivity contribution in [1.82, 2.24) is 10.3 Å². The zero-order valence-corrected chi connectivity index (χ0v) is 8.56. The third-order valence-corrected chi connectivity index (χ3v) is 2.53. The molecule has 0 saturated heterocycles. The van der Waals surface area contributed by atoms with Crippen LogP contribution in [0.1, 0.15) is 23.3 Å². The van der Waals surface area contributed by atoms with E-state index in [9.17, 15) is 9.59 Å². The highest BCUT2D eigenvalue weighted by Crippen LogP contribution is 2.32. The first-order chi connectivity index (χ1) is 7.70. The maximum absolute atomic E-state index is 11.7. The summed E-state index contributed by atoms with van der Waals surface area (Å²) < 4.78 is 0. The zero-order chi connectivity index (χ0) is 11.5. The van der Waals surface area contributed by atoms with Crippen molar-refractivity contribution in [2.24, 2.45) is 5.92 Å². The topological polar surface area (TPSA) is 85.8 Å². The number of hydrogen-bond acceptors (Lipinski definition) is 3. The van der Waals surface area contributed by atoms with Gasteiger partial charge < -0.3 is 10.3 Å². The summed E-state index contributed by atoms with van der Waals surface area (Å²) in [5, 5.41) is 11.5. The largest absolute Gasteiger partial charge is 0.335 e. The van der Waals surface area contributed by atoms with Crippen molar-refractivity contribution in [3.8, 4) is 6.07 Å². The van der Waals surface area contributed by atoms with Crippen molar-refractivity contribution in [2.75, 3.05) is 0 Å². The fourth-order valence-corrected chi connectivity index (χ4v) is 1.48. The maximum Gasteiger partial charge on any atom is 0.268 e. The Morgan fingerprint density at radius 1 is 1.56 bits per heavy atom. The first-order valence-corrected chi connectivity index (χ1v) is 5.10. The summed E-state index contributed by atoms with van der Waals surface area (Å²) in [7, 11) is 0. The van der Waals surface area contributed by atoms with Crippen molar-refractivity contribution in [1.29, 1.82) is 5.26 Å². The van der Waals surface area contributed by atoms with Gasteiger partial charge in [-0.05, 0) is 24.8 Å². The number of aromatic amines is 1. The number of nitriles is 1. The normalized spacial score (nSPS) is 16.2. The molecule has 0 aliphatic heterocycles. The molecule has 0 radical (unpaired) electrons. The molecule has 1 aliphatic carbocycles. The second-order valence-electron chi connectivity index (χ2n) is 3.85. The van der Waals surface area contributed by atoms with E-state index in [0.717, 1.165) is 12.8 Å². The lowest BCUT2D eigenvalue weighted by Gasteiger charge is -2.09. The van der Waals surface area contributed by atoms with Gasteiger partial charge in [-0.3, -0.25) is 9.59 Å². The molecule has 1 aromatic heterocycles. The van der Waals surface area contributed by atoms with Crippen LogP contribution < -0.4 is 10.9 Å². The second-order valence-corrected chi connectivity index (χ2v) is 3.85. The molecule has 82 valence electrons. The van der Waals surface area contributed by atoms with Gasteiger partial charge in [0.1, 0.15) is 11.7 Å². The summed E-state index contributed by atoms with van der Waals surface area (Å²) in [6.07, 6.45) is 1.95. The molecule has 1 heterocycles. The van der Waals surface area contributed by atoms with E-state index in [1.807, 2.05) is 0 Å². The second kappa shape index (κ2) is 4.19. The number of aromatic nitrogens is 1. The molecule has 1 saturated carbocycles. The minimum atomic E-state index is -0.448. The van der Waals surface area contributed by atoms with Crippen molar-refractivity contribution in [3.05, 3.63) is 34.2 Å². The van der Waals surface area contributed by atoms with E-state index in [1.54, 1.807) is 0 Å². The number of nitrogens with zero attached hydrogens (tertiary/aromatic N) is 1. The molecule has 1 amide bonds. The molecule has 1 unspecified atom stereocenters. The van der Waals surface area contributed by atoms with Crippen LogP contribution in [0.2, 0.25) is 0 Å². The lowest BCUT2D eigenvalue weighted by Crippen LogP contribution is -2.36. The number of hydrogen-bond donors (Lipinski definition) is 2. The molecule has 1 atom stereocenters. The van der Waals surface area contributed by atoms with Gasteiger partial charge in [0.2, 0.25) is 5.56 Å². The van der Waals surface area contributed by atoms with E-state index in [2.05, 4.69) is 16.4 Å². The Morgan fingerprint density at radius 3 is 2.88 bits per heavy atom. The van der Waals surface area contributed by atoms with Gasteiger partial charge in [-0.25, -0.2) is 0 Å². The number of carbonyl (C=O) groups is 1. The summed E-state index contributed by atoms with van der Waals surface area (Å²) in [5.74, 6) is -0.138. The molecule has 5 nitrogen and oxygen atoms in total. The van der Waals surface area contributed by atoms with Gasteiger partial charge >= 0.3 is 0 Å².